The fourth-order valence-corrected chi connectivity index (χ4v) is 1.77. The molecule has 0 aliphatic rings. The summed E-state index contributed by atoms with van der Waals surface area (Å²) in [6.45, 7) is 2.07. The highest BCUT2D eigenvalue weighted by Crippen LogP contribution is 2.11. The second kappa shape index (κ2) is 7.64. The molecule has 0 saturated heterocycles. The van der Waals surface area contributed by atoms with E-state index in [4.69, 9.17) is 0 Å². The Hall–Kier alpha value is -1.64. The Morgan fingerprint density at radius 1 is 1.17 bits per heavy atom. The van der Waals surface area contributed by atoms with Crippen LogP contribution in [0.15, 0.2) is 24.3 Å². The molecule has 0 N–H and O–H groups in total. The summed E-state index contributed by atoms with van der Waals surface area (Å²) in [4.78, 5) is 22.8. The number of benzene rings is 1. The molecule has 0 heterocycles. The number of rotatable bonds is 7. The Morgan fingerprint density at radius 3 is 2.56 bits per heavy atom. The Kier molecular flexibility index (Phi) is 6.12. The van der Waals surface area contributed by atoms with Crippen molar-refractivity contribution in [3.05, 3.63) is 35.4 Å². The van der Waals surface area contributed by atoms with E-state index in [1.807, 2.05) is 24.3 Å². The lowest BCUT2D eigenvalue weighted by Gasteiger charge is -2.03. The van der Waals surface area contributed by atoms with Gasteiger partial charge in [0.05, 0.1) is 7.11 Å². The molecule has 1 aromatic rings. The third kappa shape index (κ3) is 4.70. The van der Waals surface area contributed by atoms with Crippen LogP contribution in [0.4, 0.5) is 0 Å². The van der Waals surface area contributed by atoms with Gasteiger partial charge >= 0.3 is 5.97 Å². The van der Waals surface area contributed by atoms with Gasteiger partial charge in [0.2, 0.25) is 0 Å². The first kappa shape index (κ1) is 14.4. The van der Waals surface area contributed by atoms with Crippen LogP contribution in [0.3, 0.4) is 0 Å². The van der Waals surface area contributed by atoms with E-state index < -0.39 is 0 Å². The molecular formula is C15H20O3. The smallest absolute Gasteiger partial charge is 0.305 e. The number of hydrogen-bond donors (Lipinski definition) is 0. The summed E-state index contributed by atoms with van der Waals surface area (Å²) < 4.78 is 4.55. The van der Waals surface area contributed by atoms with Gasteiger partial charge < -0.3 is 4.74 Å². The number of ether oxygens (including phenoxy) is 1. The maximum atomic E-state index is 11.9. The molecule has 3 heteroatoms. The van der Waals surface area contributed by atoms with Crippen molar-refractivity contribution in [1.29, 1.82) is 0 Å². The Morgan fingerprint density at radius 2 is 1.89 bits per heavy atom. The molecule has 0 bridgehead atoms. The SMILES string of the molecule is CCc1cccc(C(=O)CCCCC(=O)OC)c1. The minimum Gasteiger partial charge on any atom is -0.469 e. The zero-order valence-electron chi connectivity index (χ0n) is 11.1. The predicted molar refractivity (Wildman–Crippen MR) is 70.6 cm³/mol. The van der Waals surface area contributed by atoms with Crippen molar-refractivity contribution in [2.75, 3.05) is 7.11 Å². The van der Waals surface area contributed by atoms with Crippen LogP contribution in [0.5, 0.6) is 0 Å². The lowest BCUT2D eigenvalue weighted by Crippen LogP contribution is -2.02. The molecule has 1 rings (SSSR count). The van der Waals surface area contributed by atoms with Gasteiger partial charge in [-0.05, 0) is 30.9 Å². The van der Waals surface area contributed by atoms with Gasteiger partial charge in [0.15, 0.2) is 5.78 Å². The van der Waals surface area contributed by atoms with Gasteiger partial charge in [-0.3, -0.25) is 9.59 Å². The van der Waals surface area contributed by atoms with Crippen LogP contribution in [0.25, 0.3) is 0 Å². The quantitative estimate of drug-likeness (QED) is 0.423. The molecule has 0 unspecified atom stereocenters. The lowest BCUT2D eigenvalue weighted by molar-refractivity contribution is -0.140. The monoisotopic (exact) mass is 248 g/mol. The number of unbranched alkanes of at least 4 members (excludes halogenated alkanes) is 1. The molecule has 0 amide bonds. The minimum atomic E-state index is -0.213. The van der Waals surface area contributed by atoms with Crippen molar-refractivity contribution in [2.24, 2.45) is 0 Å². The third-order valence-corrected chi connectivity index (χ3v) is 2.92. The van der Waals surface area contributed by atoms with Crippen LogP contribution < -0.4 is 0 Å². The van der Waals surface area contributed by atoms with E-state index in [-0.39, 0.29) is 11.8 Å². The molecule has 98 valence electrons. The fraction of sp³-hybridized carbons (Fsp3) is 0.467. The number of hydrogen-bond acceptors (Lipinski definition) is 3. The average Bonchev–Trinajstić information content (AvgIpc) is 2.43. The van der Waals surface area contributed by atoms with Crippen LogP contribution in [0.2, 0.25) is 0 Å². The topological polar surface area (TPSA) is 43.4 Å². The molecule has 0 aliphatic heterocycles. The largest absolute Gasteiger partial charge is 0.469 e. The average molecular weight is 248 g/mol. The maximum absolute atomic E-state index is 11.9. The first-order valence-corrected chi connectivity index (χ1v) is 6.36. The van der Waals surface area contributed by atoms with Crippen molar-refractivity contribution < 1.29 is 14.3 Å². The molecule has 0 atom stereocenters. The number of Topliss-reactive ketones (excluding diaryl/α,β-unsaturated/α-hetero) is 1. The van der Waals surface area contributed by atoms with Crippen LogP contribution >= 0.6 is 0 Å². The molecule has 3 nitrogen and oxygen atoms in total. The van der Waals surface area contributed by atoms with E-state index in [1.54, 1.807) is 0 Å². The van der Waals surface area contributed by atoms with Crippen molar-refractivity contribution >= 4 is 11.8 Å². The number of methoxy groups -OCH3 is 1. The fourth-order valence-electron chi connectivity index (χ4n) is 1.77. The molecule has 0 aliphatic carbocycles. The lowest BCUT2D eigenvalue weighted by atomic mass is 10.0. The standard InChI is InChI=1S/C15H20O3/c1-3-12-7-6-8-13(11-12)14(16)9-4-5-10-15(17)18-2/h6-8,11H,3-5,9-10H2,1-2H3. The minimum absolute atomic E-state index is 0.148. The van der Waals surface area contributed by atoms with Crippen molar-refractivity contribution in [2.45, 2.75) is 39.0 Å². The highest BCUT2D eigenvalue weighted by Gasteiger charge is 2.07. The summed E-state index contributed by atoms with van der Waals surface area (Å²) >= 11 is 0. The summed E-state index contributed by atoms with van der Waals surface area (Å²) in [6, 6.07) is 7.74. The van der Waals surface area contributed by atoms with Gasteiger partial charge in [0, 0.05) is 18.4 Å². The van der Waals surface area contributed by atoms with E-state index in [2.05, 4.69) is 11.7 Å². The number of ketones is 1. The van der Waals surface area contributed by atoms with Crippen molar-refractivity contribution in [1.82, 2.24) is 0 Å². The molecule has 0 radical (unpaired) electrons. The normalized spacial score (nSPS) is 10.1. The summed E-state index contributed by atoms with van der Waals surface area (Å²) in [7, 11) is 1.38. The van der Waals surface area contributed by atoms with E-state index in [0.29, 0.717) is 19.3 Å². The molecule has 0 spiro atoms. The molecular weight excluding hydrogens is 228 g/mol. The zero-order chi connectivity index (χ0) is 13.4. The number of carbonyl (C=O) groups is 2. The van der Waals surface area contributed by atoms with Crippen LogP contribution in [-0.2, 0) is 16.0 Å². The molecule has 18 heavy (non-hydrogen) atoms. The van der Waals surface area contributed by atoms with Crippen molar-refractivity contribution in [3.8, 4) is 0 Å². The van der Waals surface area contributed by atoms with E-state index in [1.165, 1.54) is 12.7 Å². The summed E-state index contributed by atoms with van der Waals surface area (Å²) in [5.74, 6) is -0.0643. The first-order chi connectivity index (χ1) is 8.67. The van der Waals surface area contributed by atoms with Gasteiger partial charge in [-0.2, -0.15) is 0 Å². The van der Waals surface area contributed by atoms with Gasteiger partial charge in [-0.25, -0.2) is 0 Å². The zero-order valence-corrected chi connectivity index (χ0v) is 11.1. The molecule has 0 aromatic heterocycles. The Labute approximate surface area is 108 Å². The van der Waals surface area contributed by atoms with Gasteiger partial charge in [-0.15, -0.1) is 0 Å². The summed E-state index contributed by atoms with van der Waals surface area (Å²) in [5.41, 5.74) is 1.95. The van der Waals surface area contributed by atoms with Crippen molar-refractivity contribution in [3.63, 3.8) is 0 Å². The summed E-state index contributed by atoms with van der Waals surface area (Å²) in [5, 5.41) is 0. The van der Waals surface area contributed by atoms with E-state index in [9.17, 15) is 9.59 Å². The molecule has 0 fully saturated rings. The summed E-state index contributed by atoms with van der Waals surface area (Å²) in [6.07, 6.45) is 3.24. The van der Waals surface area contributed by atoms with Crippen LogP contribution in [0, 0.1) is 0 Å². The van der Waals surface area contributed by atoms with Crippen LogP contribution in [0.1, 0.15) is 48.5 Å². The second-order valence-corrected chi connectivity index (χ2v) is 4.26. The highest BCUT2D eigenvalue weighted by molar-refractivity contribution is 5.96. The third-order valence-electron chi connectivity index (χ3n) is 2.92. The molecule has 1 aromatic carbocycles. The maximum Gasteiger partial charge on any atom is 0.305 e. The molecule has 0 saturated carbocycles. The van der Waals surface area contributed by atoms with Crippen LogP contribution in [-0.4, -0.2) is 18.9 Å². The van der Waals surface area contributed by atoms with E-state index in [0.717, 1.165) is 18.4 Å². The Balaban J connectivity index is 2.38. The number of esters is 1. The second-order valence-electron chi connectivity index (χ2n) is 4.26. The number of carbonyl (C=O) groups excluding carboxylic acids is 2. The van der Waals surface area contributed by atoms with Gasteiger partial charge in [0.25, 0.3) is 0 Å². The number of aryl methyl sites for hydroxylation is 1. The van der Waals surface area contributed by atoms with Gasteiger partial charge in [0.1, 0.15) is 0 Å². The van der Waals surface area contributed by atoms with Gasteiger partial charge in [-0.1, -0.05) is 25.1 Å². The first-order valence-electron chi connectivity index (χ1n) is 6.36. The highest BCUT2D eigenvalue weighted by atomic mass is 16.5. The Bertz CT molecular complexity index is 410. The van der Waals surface area contributed by atoms with E-state index >= 15 is 0 Å². The predicted octanol–water partition coefficient (Wildman–Crippen LogP) is 3.17.